The molecule has 0 fully saturated rings. The molecule has 2 aromatic rings. The maximum absolute atomic E-state index is 13.2. The van der Waals surface area contributed by atoms with E-state index in [4.69, 9.17) is 0 Å². The molecule has 0 aliphatic heterocycles. The van der Waals surface area contributed by atoms with E-state index in [1.807, 2.05) is 0 Å². The zero-order chi connectivity index (χ0) is 15.5. The number of para-hydroxylation sites is 2. The number of hydrogen-bond acceptors (Lipinski definition) is 2. The van der Waals surface area contributed by atoms with Gasteiger partial charge in [0.1, 0.15) is 5.82 Å². The predicted octanol–water partition coefficient (Wildman–Crippen LogP) is 5.10. The highest BCUT2D eigenvalue weighted by Crippen LogP contribution is 2.30. The molecule has 0 saturated carbocycles. The number of ether oxygens (including phenoxy) is 1. The summed E-state index contributed by atoms with van der Waals surface area (Å²) in [6.07, 6.45) is -4.76. The van der Waals surface area contributed by atoms with E-state index < -0.39 is 12.2 Å². The second-order valence-corrected chi connectivity index (χ2v) is 5.09. The molecule has 0 saturated heterocycles. The van der Waals surface area contributed by atoms with Crippen LogP contribution in [0.1, 0.15) is 5.56 Å². The topological polar surface area (TPSA) is 21.3 Å². The highest BCUT2D eigenvalue weighted by molar-refractivity contribution is 9.10. The smallest absolute Gasteiger partial charge is 0.404 e. The van der Waals surface area contributed by atoms with Crippen LogP contribution in [0, 0.1) is 5.82 Å². The summed E-state index contributed by atoms with van der Waals surface area (Å²) in [6.45, 7) is 0.161. The molecular weight excluding hydrogens is 354 g/mol. The van der Waals surface area contributed by atoms with E-state index in [1.54, 1.807) is 12.1 Å². The quantitative estimate of drug-likeness (QED) is 0.763. The molecule has 1 N–H and O–H groups in total. The highest BCUT2D eigenvalue weighted by Gasteiger charge is 2.32. The van der Waals surface area contributed by atoms with E-state index in [1.165, 1.54) is 30.3 Å². The fourth-order valence-corrected chi connectivity index (χ4v) is 2.25. The summed E-state index contributed by atoms with van der Waals surface area (Å²) in [7, 11) is 0. The van der Waals surface area contributed by atoms with Crippen LogP contribution in [-0.4, -0.2) is 6.36 Å². The van der Waals surface area contributed by atoms with Gasteiger partial charge in [0.2, 0.25) is 0 Å². The Labute approximate surface area is 126 Å². The summed E-state index contributed by atoms with van der Waals surface area (Å²) in [4.78, 5) is 0. The molecule has 0 aliphatic rings. The molecule has 21 heavy (non-hydrogen) atoms. The summed E-state index contributed by atoms with van der Waals surface area (Å²) in [5.41, 5.74) is 0.763. The first kappa shape index (κ1) is 15.6. The number of rotatable bonds is 4. The monoisotopic (exact) mass is 363 g/mol. The van der Waals surface area contributed by atoms with Gasteiger partial charge in [0.15, 0.2) is 5.75 Å². The Morgan fingerprint density at radius 3 is 2.48 bits per heavy atom. The maximum atomic E-state index is 13.2. The van der Waals surface area contributed by atoms with Crippen LogP contribution in [0.2, 0.25) is 0 Å². The van der Waals surface area contributed by atoms with E-state index in [0.717, 1.165) is 0 Å². The van der Waals surface area contributed by atoms with Crippen molar-refractivity contribution >= 4 is 21.6 Å². The van der Waals surface area contributed by atoms with Crippen LogP contribution in [0.4, 0.5) is 23.2 Å². The van der Waals surface area contributed by atoms with Crippen molar-refractivity contribution in [1.82, 2.24) is 0 Å². The lowest BCUT2D eigenvalue weighted by Gasteiger charge is -2.14. The Bertz CT molecular complexity index is 610. The largest absolute Gasteiger partial charge is 0.573 e. The van der Waals surface area contributed by atoms with Gasteiger partial charge >= 0.3 is 6.36 Å². The maximum Gasteiger partial charge on any atom is 0.573 e. The second kappa shape index (κ2) is 6.34. The molecule has 2 rings (SSSR count). The van der Waals surface area contributed by atoms with Crippen LogP contribution in [0.25, 0.3) is 0 Å². The van der Waals surface area contributed by atoms with E-state index in [0.29, 0.717) is 10.0 Å². The van der Waals surface area contributed by atoms with Crippen LogP contribution >= 0.6 is 15.9 Å². The molecule has 0 bridgehead atoms. The molecule has 0 aliphatic carbocycles. The van der Waals surface area contributed by atoms with Gasteiger partial charge in [-0.3, -0.25) is 0 Å². The lowest BCUT2D eigenvalue weighted by molar-refractivity contribution is -0.274. The molecular formula is C14H10BrF4NO. The lowest BCUT2D eigenvalue weighted by Crippen LogP contribution is -2.18. The molecule has 112 valence electrons. The summed E-state index contributed by atoms with van der Waals surface area (Å²) in [5, 5.41) is 2.79. The van der Waals surface area contributed by atoms with Gasteiger partial charge in [-0.2, -0.15) is 0 Å². The van der Waals surface area contributed by atoms with Crippen molar-refractivity contribution in [3.8, 4) is 5.75 Å². The van der Waals surface area contributed by atoms with Gasteiger partial charge in [0, 0.05) is 11.0 Å². The molecule has 7 heteroatoms. The van der Waals surface area contributed by atoms with Gasteiger partial charge < -0.3 is 10.1 Å². The van der Waals surface area contributed by atoms with Gasteiger partial charge in [-0.25, -0.2) is 4.39 Å². The van der Waals surface area contributed by atoms with Crippen molar-refractivity contribution in [2.75, 3.05) is 5.32 Å². The van der Waals surface area contributed by atoms with Gasteiger partial charge in [0.25, 0.3) is 0 Å². The van der Waals surface area contributed by atoms with E-state index >= 15 is 0 Å². The molecule has 0 atom stereocenters. The van der Waals surface area contributed by atoms with Crippen LogP contribution in [0.15, 0.2) is 46.9 Å². The Balaban J connectivity index is 2.13. The molecule has 0 amide bonds. The van der Waals surface area contributed by atoms with Crippen LogP contribution in [0.3, 0.4) is 0 Å². The molecule has 2 nitrogen and oxygen atoms in total. The number of nitrogens with one attached hydrogen (secondary N) is 1. The summed E-state index contributed by atoms with van der Waals surface area (Å²) in [5.74, 6) is -0.763. The minimum Gasteiger partial charge on any atom is -0.404 e. The average molecular weight is 364 g/mol. The van der Waals surface area contributed by atoms with E-state index in [9.17, 15) is 17.6 Å². The fraction of sp³-hybridized carbons (Fsp3) is 0.143. The third-order valence-corrected chi connectivity index (χ3v) is 2.98. The van der Waals surface area contributed by atoms with E-state index in [2.05, 4.69) is 26.0 Å². The fourth-order valence-electron chi connectivity index (χ4n) is 1.74. The Morgan fingerprint density at radius 1 is 1.10 bits per heavy atom. The normalized spacial score (nSPS) is 11.3. The van der Waals surface area contributed by atoms with Gasteiger partial charge in [-0.1, -0.05) is 28.1 Å². The third kappa shape index (κ3) is 4.93. The average Bonchev–Trinajstić information content (AvgIpc) is 2.35. The van der Waals surface area contributed by atoms with E-state index in [-0.39, 0.29) is 18.0 Å². The minimum atomic E-state index is -4.76. The zero-order valence-electron chi connectivity index (χ0n) is 10.5. The van der Waals surface area contributed by atoms with Crippen molar-refractivity contribution in [3.05, 3.63) is 58.3 Å². The summed E-state index contributed by atoms with van der Waals surface area (Å²) in [6, 6.07) is 9.93. The first-order valence-electron chi connectivity index (χ1n) is 5.87. The van der Waals surface area contributed by atoms with Crippen molar-refractivity contribution in [3.63, 3.8) is 0 Å². The van der Waals surface area contributed by atoms with Crippen LogP contribution in [0.5, 0.6) is 5.75 Å². The molecule has 0 heterocycles. The number of hydrogen-bond donors (Lipinski definition) is 1. The number of halogens is 5. The molecule has 0 spiro atoms. The van der Waals surface area contributed by atoms with Crippen molar-refractivity contribution in [1.29, 1.82) is 0 Å². The molecule has 0 radical (unpaired) electrons. The Kier molecular flexibility index (Phi) is 4.72. The first-order chi connectivity index (χ1) is 9.83. The second-order valence-electron chi connectivity index (χ2n) is 4.18. The Hall–Kier alpha value is -1.76. The number of anilines is 1. The van der Waals surface area contributed by atoms with Crippen LogP contribution < -0.4 is 10.1 Å². The lowest BCUT2D eigenvalue weighted by atomic mass is 10.2. The van der Waals surface area contributed by atoms with Crippen molar-refractivity contribution in [2.45, 2.75) is 12.9 Å². The molecule has 0 aromatic heterocycles. The van der Waals surface area contributed by atoms with Crippen molar-refractivity contribution < 1.29 is 22.3 Å². The summed E-state index contributed by atoms with van der Waals surface area (Å²) >= 11 is 3.15. The van der Waals surface area contributed by atoms with Gasteiger partial charge in [-0.15, -0.1) is 13.2 Å². The predicted molar refractivity (Wildman–Crippen MR) is 74.6 cm³/mol. The Morgan fingerprint density at radius 2 is 1.81 bits per heavy atom. The van der Waals surface area contributed by atoms with Gasteiger partial charge in [-0.05, 0) is 35.9 Å². The SMILES string of the molecule is Fc1cc(Br)cc(CNc2ccccc2OC(F)(F)F)c1. The standard InChI is InChI=1S/C14H10BrF4NO/c15-10-5-9(6-11(16)7-10)8-20-12-3-1-2-4-13(12)21-14(17,18)19/h1-7,20H,8H2. The highest BCUT2D eigenvalue weighted by atomic mass is 79.9. The minimum absolute atomic E-state index is 0.161. The number of alkyl halides is 3. The third-order valence-electron chi connectivity index (χ3n) is 2.52. The summed E-state index contributed by atoms with van der Waals surface area (Å²) < 4.78 is 54.6. The molecule has 0 unspecified atom stereocenters. The van der Waals surface area contributed by atoms with Crippen LogP contribution in [-0.2, 0) is 6.54 Å². The van der Waals surface area contributed by atoms with Crippen molar-refractivity contribution in [2.24, 2.45) is 0 Å². The molecule has 2 aromatic carbocycles. The van der Waals surface area contributed by atoms with Gasteiger partial charge in [0.05, 0.1) is 5.69 Å². The number of benzene rings is 2. The first-order valence-corrected chi connectivity index (χ1v) is 6.66. The zero-order valence-corrected chi connectivity index (χ0v) is 12.1.